The van der Waals surface area contributed by atoms with E-state index in [1.165, 1.54) is 63.9 Å². The van der Waals surface area contributed by atoms with E-state index in [0.717, 1.165) is 12.8 Å². The van der Waals surface area contributed by atoms with Crippen molar-refractivity contribution in [3.63, 3.8) is 0 Å². The highest BCUT2D eigenvalue weighted by Gasteiger charge is 2.43. The SMILES string of the molecule is CCCCCCCCCCCCCC=CC(O)(C(=O)c1ccccc1)C(CO)NC(=O)OC(C)(C)C. The minimum absolute atomic E-state index is 0.295. The molecule has 0 radical (unpaired) electrons. The van der Waals surface area contributed by atoms with Crippen molar-refractivity contribution in [3.8, 4) is 0 Å². The van der Waals surface area contributed by atoms with E-state index in [4.69, 9.17) is 4.74 Å². The van der Waals surface area contributed by atoms with Crippen molar-refractivity contribution in [2.45, 2.75) is 122 Å². The number of aliphatic hydroxyl groups excluding tert-OH is 1. The summed E-state index contributed by atoms with van der Waals surface area (Å²) >= 11 is 0. The largest absolute Gasteiger partial charge is 0.444 e. The number of amides is 1. The van der Waals surface area contributed by atoms with Crippen molar-refractivity contribution < 1.29 is 24.5 Å². The van der Waals surface area contributed by atoms with Crippen LogP contribution in [0, 0.1) is 0 Å². The fourth-order valence-corrected chi connectivity index (χ4v) is 4.10. The van der Waals surface area contributed by atoms with E-state index in [0.29, 0.717) is 12.0 Å². The summed E-state index contributed by atoms with van der Waals surface area (Å²) in [6.07, 6.45) is 16.8. The van der Waals surface area contributed by atoms with Gasteiger partial charge in [-0.15, -0.1) is 0 Å². The van der Waals surface area contributed by atoms with Gasteiger partial charge in [0.15, 0.2) is 5.60 Å². The fourth-order valence-electron chi connectivity index (χ4n) is 4.10. The second-order valence-corrected chi connectivity index (χ2v) is 10.6. The average molecular weight is 504 g/mol. The molecule has 6 heteroatoms. The molecule has 3 N–H and O–H groups in total. The lowest BCUT2D eigenvalue weighted by molar-refractivity contribution is 0.0120. The molecule has 0 aliphatic rings. The summed E-state index contributed by atoms with van der Waals surface area (Å²) in [6, 6.07) is 7.14. The Morgan fingerprint density at radius 2 is 1.44 bits per heavy atom. The first kappa shape index (κ1) is 31.8. The highest BCUT2D eigenvalue weighted by molar-refractivity contribution is 6.04. The third kappa shape index (κ3) is 12.7. The molecule has 1 aromatic carbocycles. The number of benzene rings is 1. The number of alkyl carbamates (subject to hydrolysis) is 1. The molecule has 0 aliphatic carbocycles. The van der Waals surface area contributed by atoms with Gasteiger partial charge in [-0.1, -0.05) is 108 Å². The maximum Gasteiger partial charge on any atom is 0.408 e. The van der Waals surface area contributed by atoms with Crippen LogP contribution in [-0.4, -0.2) is 45.9 Å². The number of hydrogen-bond donors (Lipinski definition) is 3. The lowest BCUT2D eigenvalue weighted by Crippen LogP contribution is -2.58. The maximum atomic E-state index is 13.3. The maximum absolute atomic E-state index is 13.3. The van der Waals surface area contributed by atoms with Gasteiger partial charge in [-0.2, -0.15) is 0 Å². The van der Waals surface area contributed by atoms with Gasteiger partial charge in [0.1, 0.15) is 5.60 Å². The Kier molecular flexibility index (Phi) is 15.3. The van der Waals surface area contributed by atoms with Crippen LogP contribution in [0.15, 0.2) is 42.5 Å². The topological polar surface area (TPSA) is 95.9 Å². The summed E-state index contributed by atoms with van der Waals surface area (Å²) < 4.78 is 5.27. The van der Waals surface area contributed by atoms with E-state index in [1.54, 1.807) is 57.2 Å². The van der Waals surface area contributed by atoms with Crippen molar-refractivity contribution in [1.29, 1.82) is 0 Å². The molecule has 0 heterocycles. The molecule has 0 fully saturated rings. The lowest BCUT2D eigenvalue weighted by atomic mass is 9.85. The Labute approximate surface area is 218 Å². The Morgan fingerprint density at radius 1 is 0.917 bits per heavy atom. The van der Waals surface area contributed by atoms with Crippen LogP contribution in [0.5, 0.6) is 0 Å². The van der Waals surface area contributed by atoms with Crippen molar-refractivity contribution >= 4 is 11.9 Å². The third-order valence-electron chi connectivity index (χ3n) is 6.15. The number of Topliss-reactive ketones (excluding diaryl/α,β-unsaturated/α-hetero) is 1. The molecule has 0 saturated carbocycles. The van der Waals surface area contributed by atoms with Gasteiger partial charge in [0.25, 0.3) is 0 Å². The first-order valence-electron chi connectivity index (χ1n) is 13.7. The van der Waals surface area contributed by atoms with Crippen LogP contribution in [0.2, 0.25) is 0 Å². The molecule has 36 heavy (non-hydrogen) atoms. The van der Waals surface area contributed by atoms with Gasteiger partial charge in [0.05, 0.1) is 12.6 Å². The quantitative estimate of drug-likeness (QED) is 0.117. The van der Waals surface area contributed by atoms with Crippen molar-refractivity contribution in [1.82, 2.24) is 5.32 Å². The van der Waals surface area contributed by atoms with Crippen molar-refractivity contribution in [2.75, 3.05) is 6.61 Å². The molecule has 1 aromatic rings. The number of unbranched alkanes of at least 4 members (excludes halogenated alkanes) is 11. The van der Waals surface area contributed by atoms with E-state index in [9.17, 15) is 19.8 Å². The van der Waals surface area contributed by atoms with Crippen LogP contribution in [0.3, 0.4) is 0 Å². The molecule has 0 bridgehead atoms. The highest BCUT2D eigenvalue weighted by Crippen LogP contribution is 2.22. The number of carbonyl (C=O) groups excluding carboxylic acids is 2. The molecule has 0 aliphatic heterocycles. The molecule has 6 nitrogen and oxygen atoms in total. The Balaban J connectivity index is 2.66. The van der Waals surface area contributed by atoms with Crippen molar-refractivity contribution in [2.24, 2.45) is 0 Å². The number of hydrogen-bond acceptors (Lipinski definition) is 5. The zero-order valence-electron chi connectivity index (χ0n) is 22.9. The van der Waals surface area contributed by atoms with Crippen LogP contribution < -0.4 is 5.32 Å². The second kappa shape index (κ2) is 17.3. The number of rotatable bonds is 18. The molecule has 204 valence electrons. The molecule has 2 unspecified atom stereocenters. The second-order valence-electron chi connectivity index (χ2n) is 10.6. The van der Waals surface area contributed by atoms with Crippen molar-refractivity contribution in [3.05, 3.63) is 48.0 Å². The molecular weight excluding hydrogens is 454 g/mol. The van der Waals surface area contributed by atoms with Crippen LogP contribution in [0.4, 0.5) is 4.79 Å². The first-order chi connectivity index (χ1) is 17.1. The van der Waals surface area contributed by atoms with Crippen LogP contribution in [0.25, 0.3) is 0 Å². The lowest BCUT2D eigenvalue weighted by Gasteiger charge is -2.32. The van der Waals surface area contributed by atoms with Gasteiger partial charge in [-0.3, -0.25) is 4.79 Å². The normalized spacial score (nSPS) is 14.4. The third-order valence-corrected chi connectivity index (χ3v) is 6.15. The standard InChI is InChI=1S/C30H49NO5/c1-5-6-7-8-9-10-11-12-13-14-15-16-20-23-30(35,27(33)25-21-18-17-19-22-25)26(24-32)31-28(34)36-29(2,3)4/h17-23,26,32,35H,5-16,24H2,1-4H3,(H,31,34). The molecule has 0 spiro atoms. The predicted octanol–water partition coefficient (Wildman–Crippen LogP) is 6.74. The van der Waals surface area contributed by atoms with E-state index < -0.39 is 35.7 Å². The van der Waals surface area contributed by atoms with Gasteiger partial charge < -0.3 is 20.3 Å². The van der Waals surface area contributed by atoms with E-state index in [2.05, 4.69) is 12.2 Å². The summed E-state index contributed by atoms with van der Waals surface area (Å²) in [6.45, 7) is 6.76. The summed E-state index contributed by atoms with van der Waals surface area (Å²) in [5.41, 5.74) is -2.56. The summed E-state index contributed by atoms with van der Waals surface area (Å²) in [4.78, 5) is 25.6. The summed E-state index contributed by atoms with van der Waals surface area (Å²) in [7, 11) is 0. The minimum atomic E-state index is -2.11. The zero-order valence-corrected chi connectivity index (χ0v) is 22.9. The monoisotopic (exact) mass is 503 g/mol. The molecule has 1 amide bonds. The molecule has 1 rings (SSSR count). The molecule has 0 saturated heterocycles. The fraction of sp³-hybridized carbons (Fsp3) is 0.667. The van der Waals surface area contributed by atoms with Crippen LogP contribution in [-0.2, 0) is 4.74 Å². The van der Waals surface area contributed by atoms with Gasteiger partial charge in [-0.25, -0.2) is 4.79 Å². The van der Waals surface area contributed by atoms with Crippen LogP contribution >= 0.6 is 0 Å². The smallest absolute Gasteiger partial charge is 0.408 e. The van der Waals surface area contributed by atoms with E-state index in [-0.39, 0.29) is 0 Å². The molecule has 2 atom stereocenters. The summed E-state index contributed by atoms with van der Waals surface area (Å²) in [5.74, 6) is -0.589. The number of nitrogens with one attached hydrogen (secondary N) is 1. The minimum Gasteiger partial charge on any atom is -0.444 e. The van der Waals surface area contributed by atoms with Gasteiger partial charge in [0.2, 0.25) is 5.78 Å². The number of carbonyl (C=O) groups is 2. The van der Waals surface area contributed by atoms with Gasteiger partial charge >= 0.3 is 6.09 Å². The zero-order chi connectivity index (χ0) is 26.9. The van der Waals surface area contributed by atoms with E-state index in [1.807, 2.05) is 0 Å². The number of aliphatic hydroxyl groups is 2. The summed E-state index contributed by atoms with van der Waals surface area (Å²) in [5, 5.41) is 23.9. The Morgan fingerprint density at radius 3 is 1.94 bits per heavy atom. The molecule has 0 aromatic heterocycles. The van der Waals surface area contributed by atoms with Crippen LogP contribution in [0.1, 0.15) is 115 Å². The average Bonchev–Trinajstić information content (AvgIpc) is 2.84. The number of ketones is 1. The Hall–Kier alpha value is -2.18. The Bertz CT molecular complexity index is 771. The van der Waals surface area contributed by atoms with Gasteiger partial charge in [-0.05, 0) is 39.7 Å². The predicted molar refractivity (Wildman–Crippen MR) is 146 cm³/mol. The highest BCUT2D eigenvalue weighted by atomic mass is 16.6. The van der Waals surface area contributed by atoms with Gasteiger partial charge in [0, 0.05) is 5.56 Å². The number of ether oxygens (including phenoxy) is 1. The molecular formula is C30H49NO5. The first-order valence-corrected chi connectivity index (χ1v) is 13.7. The number of allylic oxidation sites excluding steroid dienone is 1. The van der Waals surface area contributed by atoms with E-state index >= 15 is 0 Å².